The minimum absolute atomic E-state index is 0.00118. The molecule has 28 heavy (non-hydrogen) atoms. The number of hydrogen-bond acceptors (Lipinski definition) is 2. The first-order valence-corrected chi connectivity index (χ1v) is 9.84. The summed E-state index contributed by atoms with van der Waals surface area (Å²) >= 11 is 0. The maximum atomic E-state index is 12.4. The maximum absolute atomic E-state index is 12.4. The van der Waals surface area contributed by atoms with Gasteiger partial charge in [-0.05, 0) is 53.8 Å². The molecule has 0 aliphatic carbocycles. The van der Waals surface area contributed by atoms with Gasteiger partial charge in [0.25, 0.3) is 0 Å². The van der Waals surface area contributed by atoms with Gasteiger partial charge in [-0.1, -0.05) is 80.1 Å². The van der Waals surface area contributed by atoms with Crippen molar-refractivity contribution < 1.29 is 9.53 Å². The Kier molecular flexibility index (Phi) is 6.80. The molecular formula is C26H26O2. The number of aryl methyl sites for hydroxylation is 1. The fourth-order valence-corrected chi connectivity index (χ4v) is 3.09. The van der Waals surface area contributed by atoms with Gasteiger partial charge in [-0.15, -0.1) is 0 Å². The first-order chi connectivity index (χ1) is 13.7. The van der Waals surface area contributed by atoms with Gasteiger partial charge in [0.1, 0.15) is 5.75 Å². The molecular weight excluding hydrogens is 344 g/mol. The summed E-state index contributed by atoms with van der Waals surface area (Å²) in [6, 6.07) is 24.2. The van der Waals surface area contributed by atoms with E-state index in [9.17, 15) is 4.79 Å². The normalized spacial score (nSPS) is 10.9. The molecule has 0 heterocycles. The summed E-state index contributed by atoms with van der Waals surface area (Å²) in [6.45, 7) is 4.79. The van der Waals surface area contributed by atoms with Crippen LogP contribution in [-0.4, -0.2) is 12.4 Å². The van der Waals surface area contributed by atoms with Gasteiger partial charge in [0.15, 0.2) is 5.78 Å². The molecule has 3 aromatic carbocycles. The van der Waals surface area contributed by atoms with Gasteiger partial charge in [-0.2, -0.15) is 0 Å². The Morgan fingerprint density at radius 2 is 1.43 bits per heavy atom. The highest BCUT2D eigenvalue weighted by Crippen LogP contribution is 2.21. The Labute approximate surface area is 167 Å². The summed E-state index contributed by atoms with van der Waals surface area (Å²) in [5.41, 5.74) is 5.31. The highest BCUT2D eigenvalue weighted by molar-refractivity contribution is 6.07. The predicted molar refractivity (Wildman–Crippen MR) is 117 cm³/mol. The molecule has 0 aliphatic heterocycles. The average molecular weight is 370 g/mol. The van der Waals surface area contributed by atoms with Gasteiger partial charge in [-0.25, -0.2) is 0 Å². The van der Waals surface area contributed by atoms with Crippen LogP contribution in [0.5, 0.6) is 5.75 Å². The lowest BCUT2D eigenvalue weighted by atomic mass is 10.00. The van der Waals surface area contributed by atoms with Crippen molar-refractivity contribution in [2.75, 3.05) is 6.61 Å². The average Bonchev–Trinajstić information content (AvgIpc) is 2.74. The van der Waals surface area contributed by atoms with Crippen LogP contribution in [0, 0.1) is 0 Å². The van der Waals surface area contributed by atoms with Crippen LogP contribution >= 0.6 is 0 Å². The van der Waals surface area contributed by atoms with Crippen molar-refractivity contribution >= 4 is 11.9 Å². The van der Waals surface area contributed by atoms with Crippen LogP contribution in [0.25, 0.3) is 17.2 Å². The molecule has 2 heteroatoms. The lowest BCUT2D eigenvalue weighted by Crippen LogP contribution is -1.94. The fourth-order valence-electron chi connectivity index (χ4n) is 3.09. The number of ether oxygens (including phenoxy) is 1. The molecule has 0 saturated heterocycles. The van der Waals surface area contributed by atoms with E-state index in [2.05, 4.69) is 31.2 Å². The number of ketones is 1. The Bertz CT molecular complexity index is 918. The Balaban J connectivity index is 1.66. The van der Waals surface area contributed by atoms with Gasteiger partial charge in [0.2, 0.25) is 0 Å². The minimum Gasteiger partial charge on any atom is -0.494 e. The smallest absolute Gasteiger partial charge is 0.185 e. The van der Waals surface area contributed by atoms with E-state index in [1.807, 2.05) is 61.5 Å². The van der Waals surface area contributed by atoms with Crippen molar-refractivity contribution in [1.82, 2.24) is 0 Å². The summed E-state index contributed by atoms with van der Waals surface area (Å²) in [5.74, 6) is 0.836. The lowest BCUT2D eigenvalue weighted by molar-refractivity contribution is 0.104. The van der Waals surface area contributed by atoms with Crippen LogP contribution in [0.3, 0.4) is 0 Å². The summed E-state index contributed by atoms with van der Waals surface area (Å²) in [4.78, 5) is 12.4. The van der Waals surface area contributed by atoms with E-state index in [1.54, 1.807) is 6.08 Å². The molecule has 0 unspecified atom stereocenters. The number of hydrogen-bond donors (Lipinski definition) is 0. The minimum atomic E-state index is -0.00118. The van der Waals surface area contributed by atoms with Crippen molar-refractivity contribution in [3.63, 3.8) is 0 Å². The Morgan fingerprint density at radius 3 is 2.00 bits per heavy atom. The van der Waals surface area contributed by atoms with Gasteiger partial charge < -0.3 is 4.74 Å². The molecule has 0 saturated carbocycles. The van der Waals surface area contributed by atoms with Crippen LogP contribution in [0.4, 0.5) is 0 Å². The number of rotatable bonds is 8. The zero-order valence-corrected chi connectivity index (χ0v) is 16.5. The van der Waals surface area contributed by atoms with Crippen LogP contribution in [0.1, 0.15) is 41.8 Å². The van der Waals surface area contributed by atoms with E-state index in [4.69, 9.17) is 4.74 Å². The van der Waals surface area contributed by atoms with E-state index in [1.165, 1.54) is 11.1 Å². The molecule has 3 aromatic rings. The maximum Gasteiger partial charge on any atom is 0.185 e. The largest absolute Gasteiger partial charge is 0.494 e. The third-order valence-electron chi connectivity index (χ3n) is 4.61. The molecule has 0 fully saturated rings. The molecule has 0 aliphatic rings. The number of allylic oxidation sites excluding steroid dienone is 1. The molecule has 0 radical (unpaired) electrons. The summed E-state index contributed by atoms with van der Waals surface area (Å²) in [7, 11) is 0. The van der Waals surface area contributed by atoms with Crippen molar-refractivity contribution in [2.24, 2.45) is 0 Å². The first kappa shape index (κ1) is 19.6. The topological polar surface area (TPSA) is 26.3 Å². The van der Waals surface area contributed by atoms with Gasteiger partial charge in [0.05, 0.1) is 6.61 Å². The molecule has 0 atom stereocenters. The van der Waals surface area contributed by atoms with Crippen LogP contribution in [0.2, 0.25) is 0 Å². The summed E-state index contributed by atoms with van der Waals surface area (Å²) in [5, 5.41) is 0. The summed E-state index contributed by atoms with van der Waals surface area (Å²) in [6.07, 6.45) is 5.71. The van der Waals surface area contributed by atoms with Crippen molar-refractivity contribution in [1.29, 1.82) is 0 Å². The molecule has 0 amide bonds. The quantitative estimate of drug-likeness (QED) is 0.330. The van der Waals surface area contributed by atoms with E-state index >= 15 is 0 Å². The van der Waals surface area contributed by atoms with Crippen molar-refractivity contribution in [2.45, 2.75) is 26.7 Å². The first-order valence-electron chi connectivity index (χ1n) is 9.84. The zero-order chi connectivity index (χ0) is 19.8. The lowest BCUT2D eigenvalue weighted by Gasteiger charge is -2.05. The number of carbonyl (C=O) groups is 1. The van der Waals surface area contributed by atoms with Crippen LogP contribution in [-0.2, 0) is 6.42 Å². The molecule has 0 bridgehead atoms. The second-order valence-electron chi connectivity index (χ2n) is 6.72. The predicted octanol–water partition coefficient (Wildman–Crippen LogP) is 6.60. The van der Waals surface area contributed by atoms with E-state index < -0.39 is 0 Å². The SMILES string of the molecule is CCCc1ccc(-c2ccc(C(=O)C=Cc3ccc(OCC)cc3)cc2)cc1. The third-order valence-corrected chi connectivity index (χ3v) is 4.61. The second-order valence-corrected chi connectivity index (χ2v) is 6.72. The number of benzene rings is 3. The third kappa shape index (κ3) is 5.20. The van der Waals surface area contributed by atoms with Crippen LogP contribution < -0.4 is 4.74 Å². The molecule has 0 spiro atoms. The van der Waals surface area contributed by atoms with E-state index in [0.717, 1.165) is 29.7 Å². The second kappa shape index (κ2) is 9.70. The van der Waals surface area contributed by atoms with Gasteiger partial charge in [0, 0.05) is 5.56 Å². The van der Waals surface area contributed by atoms with E-state index in [0.29, 0.717) is 12.2 Å². The monoisotopic (exact) mass is 370 g/mol. The highest BCUT2D eigenvalue weighted by Gasteiger charge is 2.04. The molecule has 2 nitrogen and oxygen atoms in total. The highest BCUT2D eigenvalue weighted by atomic mass is 16.5. The Hall–Kier alpha value is -3.13. The molecule has 3 rings (SSSR count). The van der Waals surface area contributed by atoms with Crippen LogP contribution in [0.15, 0.2) is 78.9 Å². The van der Waals surface area contributed by atoms with Gasteiger partial charge >= 0.3 is 0 Å². The molecule has 142 valence electrons. The molecule has 0 N–H and O–H groups in total. The number of carbonyl (C=O) groups excluding carboxylic acids is 1. The standard InChI is InChI=1S/C26H26O2/c1-3-5-20-6-11-22(12-7-20)23-13-15-24(16-14-23)26(27)19-10-21-8-17-25(18-9-21)28-4-2/h6-19H,3-5H2,1-2H3. The zero-order valence-electron chi connectivity index (χ0n) is 16.5. The fraction of sp³-hybridized carbons (Fsp3) is 0.192. The summed E-state index contributed by atoms with van der Waals surface area (Å²) < 4.78 is 5.43. The Morgan fingerprint density at radius 1 is 0.821 bits per heavy atom. The van der Waals surface area contributed by atoms with Crippen molar-refractivity contribution in [3.8, 4) is 16.9 Å². The van der Waals surface area contributed by atoms with Crippen molar-refractivity contribution in [3.05, 3.63) is 95.6 Å². The molecule has 0 aromatic heterocycles. The van der Waals surface area contributed by atoms with E-state index in [-0.39, 0.29) is 5.78 Å². The van der Waals surface area contributed by atoms with Gasteiger partial charge in [-0.3, -0.25) is 4.79 Å².